The predicted octanol–water partition coefficient (Wildman–Crippen LogP) is 3.30. The minimum atomic E-state index is -1.67. The summed E-state index contributed by atoms with van der Waals surface area (Å²) >= 11 is 5.87. The first-order chi connectivity index (χ1) is 16.6. The second-order valence-electron chi connectivity index (χ2n) is 8.45. The molecule has 0 bridgehead atoms. The summed E-state index contributed by atoms with van der Waals surface area (Å²) in [5.41, 5.74) is -1.43. The van der Waals surface area contributed by atoms with Crippen molar-refractivity contribution in [3.05, 3.63) is 88.1 Å². The third-order valence-corrected chi connectivity index (χ3v) is 6.14. The Morgan fingerprint density at radius 3 is 2.40 bits per heavy atom. The molecule has 8 nitrogen and oxygen atoms in total. The van der Waals surface area contributed by atoms with Crippen LogP contribution in [0.15, 0.2) is 71.7 Å². The average molecular weight is 497 g/mol. The summed E-state index contributed by atoms with van der Waals surface area (Å²) in [6.45, 7) is 0. The van der Waals surface area contributed by atoms with Crippen molar-refractivity contribution in [2.24, 2.45) is 11.3 Å². The van der Waals surface area contributed by atoms with Crippen molar-refractivity contribution in [1.82, 2.24) is 9.47 Å². The molecular formula is C25H22ClFN4O4. The lowest BCUT2D eigenvalue weighted by Gasteiger charge is -2.21. The van der Waals surface area contributed by atoms with E-state index in [0.29, 0.717) is 10.7 Å². The van der Waals surface area contributed by atoms with E-state index in [1.165, 1.54) is 48.0 Å². The molecule has 3 aromatic rings. The summed E-state index contributed by atoms with van der Waals surface area (Å²) in [4.78, 5) is 52.3. The monoisotopic (exact) mass is 496 g/mol. The van der Waals surface area contributed by atoms with Gasteiger partial charge in [-0.1, -0.05) is 17.7 Å². The smallest absolute Gasteiger partial charge is 0.255 e. The fourth-order valence-electron chi connectivity index (χ4n) is 3.96. The highest BCUT2D eigenvalue weighted by atomic mass is 35.5. The van der Waals surface area contributed by atoms with Gasteiger partial charge in [-0.2, -0.15) is 0 Å². The Balaban J connectivity index is 1.56. The lowest BCUT2D eigenvalue weighted by atomic mass is 9.99. The first-order valence-corrected chi connectivity index (χ1v) is 11.1. The topological polar surface area (TPSA) is 101 Å². The maximum Gasteiger partial charge on any atom is 0.255 e. The highest BCUT2D eigenvalue weighted by molar-refractivity contribution is 6.30. The van der Waals surface area contributed by atoms with E-state index >= 15 is 0 Å². The molecule has 180 valence electrons. The van der Waals surface area contributed by atoms with Crippen LogP contribution >= 0.6 is 11.6 Å². The molecular weight excluding hydrogens is 475 g/mol. The number of aromatic nitrogens is 1. The molecule has 2 atom stereocenters. The fraction of sp³-hybridized carbons (Fsp3) is 0.200. The molecule has 1 aromatic heterocycles. The molecule has 2 aromatic carbocycles. The number of anilines is 2. The van der Waals surface area contributed by atoms with Gasteiger partial charge in [-0.05, 0) is 48.9 Å². The molecule has 35 heavy (non-hydrogen) atoms. The summed E-state index contributed by atoms with van der Waals surface area (Å²) in [5, 5.41) is 5.63. The number of amides is 3. The summed E-state index contributed by atoms with van der Waals surface area (Å²) < 4.78 is 16.1. The van der Waals surface area contributed by atoms with Gasteiger partial charge in [0.05, 0.1) is 17.3 Å². The predicted molar refractivity (Wildman–Crippen MR) is 130 cm³/mol. The van der Waals surface area contributed by atoms with Crippen LogP contribution < -0.4 is 16.2 Å². The van der Waals surface area contributed by atoms with Gasteiger partial charge in [-0.3, -0.25) is 23.7 Å². The van der Waals surface area contributed by atoms with Gasteiger partial charge < -0.3 is 15.5 Å². The van der Waals surface area contributed by atoms with Crippen LogP contribution in [0.3, 0.4) is 0 Å². The third-order valence-electron chi connectivity index (χ3n) is 5.88. The zero-order chi connectivity index (χ0) is 25.3. The number of carbonyl (C=O) groups is 3. The van der Waals surface area contributed by atoms with Gasteiger partial charge in [0.2, 0.25) is 17.7 Å². The SMILES string of the molecule is CN(C)C(=O)[C@@]1(C(=O)Nc2ccc(-n3ccccc3=O)cc2F)C[C@@H]1C(=O)Nc1ccc(Cl)cc1. The molecule has 1 aliphatic carbocycles. The maximum atomic E-state index is 14.9. The van der Waals surface area contributed by atoms with Gasteiger partial charge in [0.15, 0.2) is 0 Å². The maximum absolute atomic E-state index is 14.9. The normalized spacial score (nSPS) is 18.5. The Kier molecular flexibility index (Phi) is 6.45. The molecule has 0 radical (unpaired) electrons. The molecule has 0 unspecified atom stereocenters. The van der Waals surface area contributed by atoms with Crippen molar-refractivity contribution in [1.29, 1.82) is 0 Å². The van der Waals surface area contributed by atoms with Gasteiger partial charge in [-0.15, -0.1) is 0 Å². The van der Waals surface area contributed by atoms with Crippen LogP contribution in [-0.2, 0) is 14.4 Å². The molecule has 0 spiro atoms. The van der Waals surface area contributed by atoms with Crippen molar-refractivity contribution in [3.8, 4) is 5.69 Å². The molecule has 1 heterocycles. The largest absolute Gasteiger partial charge is 0.348 e. The molecule has 1 aliphatic rings. The Morgan fingerprint density at radius 2 is 1.77 bits per heavy atom. The number of halogens is 2. The first kappa shape index (κ1) is 24.2. The number of rotatable bonds is 6. The average Bonchev–Trinajstić information content (AvgIpc) is 3.59. The van der Waals surface area contributed by atoms with E-state index < -0.39 is 34.9 Å². The van der Waals surface area contributed by atoms with Crippen molar-refractivity contribution in [3.63, 3.8) is 0 Å². The van der Waals surface area contributed by atoms with Crippen LogP contribution in [0.1, 0.15) is 6.42 Å². The summed E-state index contributed by atoms with van der Waals surface area (Å²) in [6, 6.07) is 14.8. The molecule has 4 rings (SSSR count). The first-order valence-electron chi connectivity index (χ1n) is 10.7. The van der Waals surface area contributed by atoms with E-state index in [4.69, 9.17) is 11.6 Å². The zero-order valence-corrected chi connectivity index (χ0v) is 19.7. The molecule has 0 saturated heterocycles. The number of benzene rings is 2. The second-order valence-corrected chi connectivity index (χ2v) is 8.89. The highest BCUT2D eigenvalue weighted by Gasteiger charge is 2.69. The number of nitrogens with one attached hydrogen (secondary N) is 2. The van der Waals surface area contributed by atoms with Crippen LogP contribution in [0.4, 0.5) is 15.8 Å². The minimum absolute atomic E-state index is 0.0195. The van der Waals surface area contributed by atoms with Crippen LogP contribution in [0.25, 0.3) is 5.69 Å². The molecule has 1 fully saturated rings. The quantitative estimate of drug-likeness (QED) is 0.511. The van der Waals surface area contributed by atoms with Crippen molar-refractivity contribution in [2.75, 3.05) is 24.7 Å². The van der Waals surface area contributed by atoms with Crippen LogP contribution in [-0.4, -0.2) is 41.3 Å². The summed E-state index contributed by atoms with van der Waals surface area (Å²) in [7, 11) is 2.97. The van der Waals surface area contributed by atoms with Crippen LogP contribution in [0.2, 0.25) is 5.02 Å². The molecule has 10 heteroatoms. The second kappa shape index (κ2) is 9.34. The van der Waals surface area contributed by atoms with Gasteiger partial charge in [0.25, 0.3) is 5.56 Å². The van der Waals surface area contributed by atoms with E-state index in [1.54, 1.807) is 36.4 Å². The number of pyridine rings is 1. The standard InChI is InChI=1S/C25H22ClFN4O4/c1-30(2)24(35)25(14-18(25)22(33)28-16-8-6-15(26)7-9-16)23(34)29-20-11-10-17(13-19(20)27)31-12-4-3-5-21(31)32/h3-13,18H,14H2,1-2H3,(H,28,33)(H,29,34)/t18-,25+/m1/s1. The van der Waals surface area contributed by atoms with Gasteiger partial charge >= 0.3 is 0 Å². The summed E-state index contributed by atoms with van der Waals surface area (Å²) in [5.74, 6) is -3.56. The van der Waals surface area contributed by atoms with E-state index in [1.807, 2.05) is 0 Å². The Labute approximate surface area is 205 Å². The van der Waals surface area contributed by atoms with Gasteiger partial charge in [-0.25, -0.2) is 4.39 Å². The summed E-state index contributed by atoms with van der Waals surface area (Å²) in [6.07, 6.45) is 1.47. The van der Waals surface area contributed by atoms with Crippen LogP contribution in [0.5, 0.6) is 0 Å². The number of nitrogens with zero attached hydrogens (tertiary/aromatic N) is 2. The molecule has 2 N–H and O–H groups in total. The van der Waals surface area contributed by atoms with E-state index in [-0.39, 0.29) is 23.4 Å². The number of carbonyl (C=O) groups excluding carboxylic acids is 3. The Hall–Kier alpha value is -3.98. The van der Waals surface area contributed by atoms with Crippen LogP contribution in [0, 0.1) is 17.2 Å². The fourth-order valence-corrected chi connectivity index (χ4v) is 4.08. The zero-order valence-electron chi connectivity index (χ0n) is 18.9. The van der Waals surface area contributed by atoms with Gasteiger partial charge in [0, 0.05) is 43.1 Å². The minimum Gasteiger partial charge on any atom is -0.348 e. The number of hydrogen-bond acceptors (Lipinski definition) is 4. The third kappa shape index (κ3) is 4.67. The van der Waals surface area contributed by atoms with Crippen molar-refractivity contribution in [2.45, 2.75) is 6.42 Å². The lowest BCUT2D eigenvalue weighted by molar-refractivity contribution is -0.142. The Bertz CT molecular complexity index is 1370. The van der Waals surface area contributed by atoms with E-state index in [0.717, 1.165) is 6.07 Å². The lowest BCUT2D eigenvalue weighted by Crippen LogP contribution is -2.42. The van der Waals surface area contributed by atoms with E-state index in [2.05, 4.69) is 10.6 Å². The Morgan fingerprint density at radius 1 is 1.06 bits per heavy atom. The van der Waals surface area contributed by atoms with Crippen molar-refractivity contribution >= 4 is 40.7 Å². The molecule has 3 amide bonds. The molecule has 0 aliphatic heterocycles. The van der Waals surface area contributed by atoms with E-state index in [9.17, 15) is 23.6 Å². The van der Waals surface area contributed by atoms with Crippen molar-refractivity contribution < 1.29 is 18.8 Å². The molecule has 1 saturated carbocycles. The van der Waals surface area contributed by atoms with Gasteiger partial charge in [0.1, 0.15) is 11.2 Å². The highest BCUT2D eigenvalue weighted by Crippen LogP contribution is 2.55. The number of hydrogen-bond donors (Lipinski definition) is 2.